The smallest absolute Gasteiger partial charge is 0.0992 e. The van der Waals surface area contributed by atoms with Gasteiger partial charge in [0, 0.05) is 24.8 Å². The first-order valence-electron chi connectivity index (χ1n) is 5.89. The summed E-state index contributed by atoms with van der Waals surface area (Å²) in [6, 6.07) is 7.54. The normalized spacial score (nSPS) is 12.3. The van der Waals surface area contributed by atoms with Gasteiger partial charge in [-0.25, -0.2) is 0 Å². The van der Waals surface area contributed by atoms with E-state index in [-0.39, 0.29) is 0 Å². The zero-order valence-electron chi connectivity index (χ0n) is 10.9. The molecule has 3 nitrogen and oxygen atoms in total. The van der Waals surface area contributed by atoms with Crippen molar-refractivity contribution in [3.63, 3.8) is 0 Å². The van der Waals surface area contributed by atoms with Crippen LogP contribution in [0.5, 0.6) is 0 Å². The van der Waals surface area contributed by atoms with E-state index in [1.54, 1.807) is 13.0 Å². The highest BCUT2D eigenvalue weighted by molar-refractivity contribution is 5.58. The van der Waals surface area contributed by atoms with Crippen LogP contribution in [0.15, 0.2) is 18.2 Å². The van der Waals surface area contributed by atoms with Crippen molar-refractivity contribution >= 4 is 5.69 Å². The molecule has 0 aliphatic carbocycles. The van der Waals surface area contributed by atoms with E-state index >= 15 is 0 Å². The molecule has 0 radical (unpaired) electrons. The minimum absolute atomic E-state index is 0.521. The number of benzene rings is 1. The van der Waals surface area contributed by atoms with Gasteiger partial charge in [-0.05, 0) is 25.0 Å². The van der Waals surface area contributed by atoms with Gasteiger partial charge in [0.25, 0.3) is 0 Å². The fraction of sp³-hybridized carbons (Fsp3) is 0.500. The fourth-order valence-corrected chi connectivity index (χ4v) is 1.94. The first-order valence-corrected chi connectivity index (χ1v) is 5.89. The van der Waals surface area contributed by atoms with E-state index in [1.165, 1.54) is 0 Å². The molecule has 1 unspecified atom stereocenters. The van der Waals surface area contributed by atoms with Crippen molar-refractivity contribution in [2.45, 2.75) is 26.9 Å². The minimum Gasteiger partial charge on any atom is -0.389 e. The average molecular weight is 232 g/mol. The fourth-order valence-electron chi connectivity index (χ4n) is 1.94. The lowest BCUT2D eigenvalue weighted by molar-refractivity contribution is 0.199. The van der Waals surface area contributed by atoms with Gasteiger partial charge in [0.15, 0.2) is 0 Å². The lowest BCUT2D eigenvalue weighted by Crippen LogP contribution is -2.24. The number of nitrogens with zero attached hydrogens (tertiary/aromatic N) is 2. The topological polar surface area (TPSA) is 47.3 Å². The van der Waals surface area contributed by atoms with Crippen LogP contribution in [-0.2, 0) is 0 Å². The molecule has 1 rings (SSSR count). The number of anilines is 1. The quantitative estimate of drug-likeness (QED) is 0.868. The lowest BCUT2D eigenvalue weighted by Gasteiger charge is -2.25. The third-order valence-corrected chi connectivity index (χ3v) is 2.66. The Balaban J connectivity index is 3.13. The highest BCUT2D eigenvalue weighted by Gasteiger charge is 2.13. The van der Waals surface area contributed by atoms with Gasteiger partial charge in [0.1, 0.15) is 0 Å². The summed E-state index contributed by atoms with van der Waals surface area (Å²) in [5.74, 6) is 0.535. The molecule has 0 aliphatic rings. The average Bonchev–Trinajstić information content (AvgIpc) is 2.27. The van der Waals surface area contributed by atoms with Crippen molar-refractivity contribution in [2.24, 2.45) is 5.92 Å². The van der Waals surface area contributed by atoms with Crippen molar-refractivity contribution in [3.8, 4) is 6.07 Å². The van der Waals surface area contributed by atoms with Crippen LogP contribution in [0.4, 0.5) is 5.69 Å². The monoisotopic (exact) mass is 232 g/mol. The van der Waals surface area contributed by atoms with Gasteiger partial charge >= 0.3 is 0 Å². The Morgan fingerprint density at radius 2 is 2.00 bits per heavy atom. The Hall–Kier alpha value is -1.53. The molecule has 0 bridgehead atoms. The predicted molar refractivity (Wildman–Crippen MR) is 69.9 cm³/mol. The van der Waals surface area contributed by atoms with E-state index in [4.69, 9.17) is 5.26 Å². The molecule has 1 N–H and O–H groups in total. The molecule has 17 heavy (non-hydrogen) atoms. The first kappa shape index (κ1) is 13.5. The molecule has 0 amide bonds. The van der Waals surface area contributed by atoms with Crippen LogP contribution in [0.1, 0.15) is 38.0 Å². The molecule has 0 aliphatic heterocycles. The van der Waals surface area contributed by atoms with Gasteiger partial charge in [0.05, 0.1) is 17.7 Å². The third kappa shape index (κ3) is 3.47. The van der Waals surface area contributed by atoms with E-state index in [0.717, 1.165) is 17.8 Å². The first-order chi connectivity index (χ1) is 7.95. The molecule has 0 fully saturated rings. The molecule has 0 spiro atoms. The maximum Gasteiger partial charge on any atom is 0.0992 e. The maximum absolute atomic E-state index is 9.74. The van der Waals surface area contributed by atoms with Gasteiger partial charge in [-0.2, -0.15) is 5.26 Å². The second-order valence-corrected chi connectivity index (χ2v) is 4.84. The van der Waals surface area contributed by atoms with Gasteiger partial charge in [-0.1, -0.05) is 19.9 Å². The summed E-state index contributed by atoms with van der Waals surface area (Å²) in [5, 5.41) is 18.7. The predicted octanol–water partition coefficient (Wildman–Crippen LogP) is 2.70. The van der Waals surface area contributed by atoms with Crippen LogP contribution in [-0.4, -0.2) is 18.7 Å². The van der Waals surface area contributed by atoms with E-state index in [0.29, 0.717) is 11.5 Å². The van der Waals surface area contributed by atoms with Crippen LogP contribution in [0.25, 0.3) is 0 Å². The van der Waals surface area contributed by atoms with E-state index in [9.17, 15) is 5.11 Å². The molecule has 1 aromatic rings. The van der Waals surface area contributed by atoms with Crippen LogP contribution < -0.4 is 4.90 Å². The van der Waals surface area contributed by atoms with Gasteiger partial charge < -0.3 is 10.0 Å². The summed E-state index contributed by atoms with van der Waals surface area (Å²) < 4.78 is 0. The van der Waals surface area contributed by atoms with Crippen molar-refractivity contribution < 1.29 is 5.11 Å². The van der Waals surface area contributed by atoms with Gasteiger partial charge in [0.2, 0.25) is 0 Å². The molecule has 0 heterocycles. The maximum atomic E-state index is 9.74. The Morgan fingerprint density at radius 3 is 2.47 bits per heavy atom. The number of hydrogen-bond acceptors (Lipinski definition) is 3. The third-order valence-electron chi connectivity index (χ3n) is 2.66. The molecule has 3 heteroatoms. The number of nitriles is 1. The van der Waals surface area contributed by atoms with Gasteiger partial charge in [-0.15, -0.1) is 0 Å². The Bertz CT molecular complexity index is 419. The molecule has 0 aromatic heterocycles. The highest BCUT2D eigenvalue weighted by atomic mass is 16.3. The van der Waals surface area contributed by atoms with Crippen LogP contribution in [0.3, 0.4) is 0 Å². The Kier molecular flexibility index (Phi) is 4.53. The molecular formula is C14H20N2O. The molecule has 1 aromatic carbocycles. The van der Waals surface area contributed by atoms with E-state index in [1.807, 2.05) is 19.2 Å². The summed E-state index contributed by atoms with van der Waals surface area (Å²) in [7, 11) is 1.99. The number of rotatable bonds is 4. The van der Waals surface area contributed by atoms with Crippen molar-refractivity contribution in [3.05, 3.63) is 29.3 Å². The summed E-state index contributed by atoms with van der Waals surface area (Å²) in [5.41, 5.74) is 2.43. The number of hydrogen-bond donors (Lipinski definition) is 1. The van der Waals surface area contributed by atoms with E-state index < -0.39 is 6.10 Å². The lowest BCUT2D eigenvalue weighted by atomic mass is 10.0. The van der Waals surface area contributed by atoms with Gasteiger partial charge in [-0.3, -0.25) is 0 Å². The second kappa shape index (κ2) is 5.70. The summed E-state index contributed by atoms with van der Waals surface area (Å²) in [6.07, 6.45) is -0.521. The Morgan fingerprint density at radius 1 is 1.35 bits per heavy atom. The Labute approximate surface area is 103 Å². The summed E-state index contributed by atoms with van der Waals surface area (Å²) in [6.45, 7) is 6.93. The largest absolute Gasteiger partial charge is 0.389 e. The molecule has 0 saturated carbocycles. The molecular weight excluding hydrogens is 212 g/mol. The van der Waals surface area contributed by atoms with Crippen LogP contribution >= 0.6 is 0 Å². The van der Waals surface area contributed by atoms with Crippen LogP contribution in [0, 0.1) is 17.2 Å². The molecule has 92 valence electrons. The number of aliphatic hydroxyl groups is 1. The summed E-state index contributed by atoms with van der Waals surface area (Å²) >= 11 is 0. The SMILES string of the molecule is CC(C)CN(C)c1cc(C#N)ccc1C(C)O. The summed E-state index contributed by atoms with van der Waals surface area (Å²) in [4.78, 5) is 2.09. The van der Waals surface area contributed by atoms with Crippen molar-refractivity contribution in [1.29, 1.82) is 5.26 Å². The van der Waals surface area contributed by atoms with Crippen molar-refractivity contribution in [2.75, 3.05) is 18.5 Å². The zero-order chi connectivity index (χ0) is 13.0. The highest BCUT2D eigenvalue weighted by Crippen LogP contribution is 2.27. The minimum atomic E-state index is -0.521. The van der Waals surface area contributed by atoms with Crippen LogP contribution in [0.2, 0.25) is 0 Å². The second-order valence-electron chi connectivity index (χ2n) is 4.84. The van der Waals surface area contributed by atoms with E-state index in [2.05, 4.69) is 24.8 Å². The molecule has 0 saturated heterocycles. The van der Waals surface area contributed by atoms with Crippen molar-refractivity contribution in [1.82, 2.24) is 0 Å². The molecule has 1 atom stereocenters. The standard InChI is InChI=1S/C14H20N2O/c1-10(2)9-16(4)14-7-12(8-15)5-6-13(14)11(3)17/h5-7,10-11,17H,9H2,1-4H3. The zero-order valence-corrected chi connectivity index (χ0v) is 10.9. The number of aliphatic hydroxyl groups excluding tert-OH is 1.